The molecule has 0 unspecified atom stereocenters. The molecule has 1 saturated heterocycles. The van der Waals surface area contributed by atoms with Crippen LogP contribution in [0.4, 0.5) is 4.39 Å². The van der Waals surface area contributed by atoms with Gasteiger partial charge in [-0.2, -0.15) is 0 Å². The number of likely N-dealkylation sites (tertiary alicyclic amines) is 1. The molecular weight excluding hydrogens is 327 g/mol. The predicted octanol–water partition coefficient (Wildman–Crippen LogP) is 3.92. The molecule has 1 aliphatic heterocycles. The second-order valence-electron chi connectivity index (χ2n) is 7.27. The van der Waals surface area contributed by atoms with Gasteiger partial charge < -0.3 is 5.32 Å². The summed E-state index contributed by atoms with van der Waals surface area (Å²) >= 11 is 0. The van der Waals surface area contributed by atoms with Crippen LogP contribution in [0.1, 0.15) is 36.5 Å². The number of benzene rings is 2. The van der Waals surface area contributed by atoms with Gasteiger partial charge in [-0.1, -0.05) is 49.4 Å². The van der Waals surface area contributed by atoms with Crippen molar-refractivity contribution in [2.75, 3.05) is 13.1 Å². The molecule has 0 spiro atoms. The lowest BCUT2D eigenvalue weighted by Crippen LogP contribution is -2.33. The Hall–Kier alpha value is -2.20. The highest BCUT2D eigenvalue weighted by molar-refractivity contribution is 5.78. The van der Waals surface area contributed by atoms with E-state index in [0.717, 1.165) is 31.1 Å². The van der Waals surface area contributed by atoms with Crippen LogP contribution in [-0.4, -0.2) is 23.9 Å². The summed E-state index contributed by atoms with van der Waals surface area (Å²) in [5, 5.41) is 2.94. The van der Waals surface area contributed by atoms with E-state index in [2.05, 4.69) is 29.3 Å². The molecule has 1 aliphatic rings. The van der Waals surface area contributed by atoms with E-state index in [-0.39, 0.29) is 18.1 Å². The number of amides is 1. The van der Waals surface area contributed by atoms with Crippen molar-refractivity contribution in [3.05, 3.63) is 71.0 Å². The Kier molecular flexibility index (Phi) is 6.40. The van der Waals surface area contributed by atoms with Gasteiger partial charge in [0.2, 0.25) is 5.91 Å². The van der Waals surface area contributed by atoms with Crippen molar-refractivity contribution < 1.29 is 9.18 Å². The second-order valence-corrected chi connectivity index (χ2v) is 7.27. The lowest BCUT2D eigenvalue weighted by molar-refractivity contribution is -0.120. The van der Waals surface area contributed by atoms with E-state index >= 15 is 0 Å². The molecule has 2 aromatic carbocycles. The fraction of sp³-hybridized carbons (Fsp3) is 0.409. The third kappa shape index (κ3) is 5.15. The number of piperidine rings is 1. The van der Waals surface area contributed by atoms with Crippen LogP contribution in [0.2, 0.25) is 0 Å². The van der Waals surface area contributed by atoms with Crippen LogP contribution in [0.3, 0.4) is 0 Å². The highest BCUT2D eigenvalue weighted by Gasteiger charge is 2.17. The molecular formula is C22H27FN2O. The molecule has 138 valence electrons. The van der Waals surface area contributed by atoms with Gasteiger partial charge in [0.1, 0.15) is 5.82 Å². The van der Waals surface area contributed by atoms with Gasteiger partial charge in [-0.25, -0.2) is 4.39 Å². The maximum atomic E-state index is 13.7. The Bertz CT molecular complexity index is 738. The first-order chi connectivity index (χ1) is 12.6. The Balaban J connectivity index is 1.56. The van der Waals surface area contributed by atoms with Gasteiger partial charge in [-0.15, -0.1) is 0 Å². The quantitative estimate of drug-likeness (QED) is 0.853. The number of carbonyl (C=O) groups excluding carboxylic acids is 1. The van der Waals surface area contributed by atoms with E-state index in [9.17, 15) is 9.18 Å². The first-order valence-electron chi connectivity index (χ1n) is 9.41. The Morgan fingerprint density at radius 1 is 1.04 bits per heavy atom. The number of nitrogens with one attached hydrogen (secondary N) is 1. The molecule has 1 fully saturated rings. The summed E-state index contributed by atoms with van der Waals surface area (Å²) in [6.07, 6.45) is 2.57. The number of hydrogen-bond donors (Lipinski definition) is 1. The SMILES string of the molecule is CC1CCN(Cc2ccccc2CNC(=O)Cc2ccccc2F)CC1. The molecule has 1 amide bonds. The Morgan fingerprint density at radius 2 is 1.65 bits per heavy atom. The molecule has 0 bridgehead atoms. The fourth-order valence-corrected chi connectivity index (χ4v) is 3.42. The lowest BCUT2D eigenvalue weighted by Gasteiger charge is -2.30. The standard InChI is InChI=1S/C22H27FN2O/c1-17-10-12-25(13-11-17)16-20-8-3-2-7-19(20)15-24-22(26)14-18-6-4-5-9-21(18)23/h2-9,17H,10-16H2,1H3,(H,24,26). The van der Waals surface area contributed by atoms with Crippen molar-refractivity contribution >= 4 is 5.91 Å². The van der Waals surface area contributed by atoms with E-state index in [1.54, 1.807) is 18.2 Å². The molecule has 0 radical (unpaired) electrons. The van der Waals surface area contributed by atoms with Crippen LogP contribution in [-0.2, 0) is 24.3 Å². The van der Waals surface area contributed by atoms with Gasteiger partial charge >= 0.3 is 0 Å². The van der Waals surface area contributed by atoms with Crippen molar-refractivity contribution in [1.82, 2.24) is 10.2 Å². The van der Waals surface area contributed by atoms with Crippen LogP contribution in [0.5, 0.6) is 0 Å². The highest BCUT2D eigenvalue weighted by atomic mass is 19.1. The maximum Gasteiger partial charge on any atom is 0.224 e. The van der Waals surface area contributed by atoms with Gasteiger partial charge in [-0.3, -0.25) is 9.69 Å². The molecule has 0 aromatic heterocycles. The molecule has 1 N–H and O–H groups in total. The number of rotatable bonds is 6. The van der Waals surface area contributed by atoms with Crippen LogP contribution < -0.4 is 5.32 Å². The number of carbonyl (C=O) groups is 1. The molecule has 0 aliphatic carbocycles. The predicted molar refractivity (Wildman–Crippen MR) is 102 cm³/mol. The topological polar surface area (TPSA) is 32.3 Å². The second kappa shape index (κ2) is 8.95. The lowest BCUT2D eigenvalue weighted by atomic mass is 9.98. The minimum atomic E-state index is -0.331. The third-order valence-corrected chi connectivity index (χ3v) is 5.17. The van der Waals surface area contributed by atoms with E-state index in [1.165, 1.54) is 24.5 Å². The number of halogens is 1. The normalized spacial score (nSPS) is 15.8. The Morgan fingerprint density at radius 3 is 2.35 bits per heavy atom. The van der Waals surface area contributed by atoms with Crippen molar-refractivity contribution in [1.29, 1.82) is 0 Å². The first kappa shape index (κ1) is 18.6. The molecule has 1 heterocycles. The van der Waals surface area contributed by atoms with Crippen LogP contribution in [0, 0.1) is 11.7 Å². The Labute approximate surface area is 155 Å². The summed E-state index contributed by atoms with van der Waals surface area (Å²) in [6.45, 7) is 5.99. The minimum Gasteiger partial charge on any atom is -0.352 e. The number of nitrogens with zero attached hydrogens (tertiary/aromatic N) is 1. The molecule has 3 rings (SSSR count). The average Bonchev–Trinajstić information content (AvgIpc) is 2.65. The summed E-state index contributed by atoms with van der Waals surface area (Å²) in [5.41, 5.74) is 2.82. The molecule has 3 nitrogen and oxygen atoms in total. The summed E-state index contributed by atoms with van der Waals surface area (Å²) in [6, 6.07) is 14.7. The molecule has 0 atom stereocenters. The highest BCUT2D eigenvalue weighted by Crippen LogP contribution is 2.19. The number of hydrogen-bond acceptors (Lipinski definition) is 2. The van der Waals surface area contributed by atoms with Crippen molar-refractivity contribution in [3.8, 4) is 0 Å². The first-order valence-corrected chi connectivity index (χ1v) is 9.41. The summed E-state index contributed by atoms with van der Waals surface area (Å²) < 4.78 is 13.7. The smallest absolute Gasteiger partial charge is 0.224 e. The third-order valence-electron chi connectivity index (χ3n) is 5.17. The minimum absolute atomic E-state index is 0.0683. The van der Waals surface area contributed by atoms with Crippen molar-refractivity contribution in [3.63, 3.8) is 0 Å². The summed E-state index contributed by atoms with van der Waals surface area (Å²) in [4.78, 5) is 14.7. The van der Waals surface area contributed by atoms with Crippen LogP contribution in [0.25, 0.3) is 0 Å². The summed E-state index contributed by atoms with van der Waals surface area (Å²) in [5.74, 6) is 0.332. The maximum absolute atomic E-state index is 13.7. The van der Waals surface area contributed by atoms with Gasteiger partial charge in [0.05, 0.1) is 6.42 Å². The average molecular weight is 354 g/mol. The zero-order chi connectivity index (χ0) is 18.4. The van der Waals surface area contributed by atoms with Gasteiger partial charge in [0.15, 0.2) is 0 Å². The molecule has 0 saturated carbocycles. The molecule has 2 aromatic rings. The van der Waals surface area contributed by atoms with Crippen LogP contribution in [0.15, 0.2) is 48.5 Å². The molecule has 26 heavy (non-hydrogen) atoms. The van der Waals surface area contributed by atoms with E-state index < -0.39 is 0 Å². The van der Waals surface area contributed by atoms with Crippen molar-refractivity contribution in [2.45, 2.75) is 39.3 Å². The summed E-state index contributed by atoms with van der Waals surface area (Å²) in [7, 11) is 0. The van der Waals surface area contributed by atoms with Gasteiger partial charge in [0.25, 0.3) is 0 Å². The molecule has 4 heteroatoms. The van der Waals surface area contributed by atoms with E-state index in [4.69, 9.17) is 0 Å². The monoisotopic (exact) mass is 354 g/mol. The zero-order valence-electron chi connectivity index (χ0n) is 15.4. The van der Waals surface area contributed by atoms with Gasteiger partial charge in [0, 0.05) is 13.1 Å². The largest absolute Gasteiger partial charge is 0.352 e. The van der Waals surface area contributed by atoms with E-state index in [0.29, 0.717) is 12.1 Å². The fourth-order valence-electron chi connectivity index (χ4n) is 3.42. The van der Waals surface area contributed by atoms with Crippen LogP contribution >= 0.6 is 0 Å². The zero-order valence-corrected chi connectivity index (χ0v) is 15.4. The van der Waals surface area contributed by atoms with Gasteiger partial charge in [-0.05, 0) is 54.6 Å². The van der Waals surface area contributed by atoms with E-state index in [1.807, 2.05) is 12.1 Å². The van der Waals surface area contributed by atoms with Crippen molar-refractivity contribution in [2.24, 2.45) is 5.92 Å².